The molecule has 0 aliphatic carbocycles. The van der Waals surface area contributed by atoms with Gasteiger partial charge in [-0.1, -0.05) is 13.8 Å². The number of aliphatic carboxylic acids is 1. The molecule has 0 saturated heterocycles. The molecule has 0 unspecified atom stereocenters. The van der Waals surface area contributed by atoms with Crippen LogP contribution in [-0.2, 0) is 23.9 Å². The monoisotopic (exact) mass is 366 g/mol. The van der Waals surface area contributed by atoms with Gasteiger partial charge in [-0.2, -0.15) is 12.6 Å². The molecule has 0 bridgehead atoms. The Labute approximate surface area is 144 Å². The minimum Gasteiger partial charge on any atom is -0.481 e. The Bertz CT molecular complexity index is 460. The fourth-order valence-corrected chi connectivity index (χ4v) is 2.30. The number of hydrogen-bond acceptors (Lipinski definition) is 8. The molecule has 0 rings (SSSR count). The quantitative estimate of drug-likeness (QED) is 0.364. The van der Waals surface area contributed by atoms with Crippen molar-refractivity contribution in [3.8, 4) is 0 Å². The Balaban J connectivity index is 4.43. The van der Waals surface area contributed by atoms with Crippen LogP contribution >= 0.6 is 24.4 Å². The van der Waals surface area contributed by atoms with Crippen molar-refractivity contribution in [3.63, 3.8) is 0 Å². The Hall–Kier alpha value is -1.22. The molecule has 0 fully saturated rings. The number of ether oxygens (including phenoxy) is 2. The van der Waals surface area contributed by atoms with Crippen LogP contribution in [0.2, 0.25) is 0 Å². The van der Waals surface area contributed by atoms with Crippen molar-refractivity contribution < 1.29 is 33.8 Å². The van der Waals surface area contributed by atoms with Gasteiger partial charge in [0.2, 0.25) is 6.79 Å². The number of rotatable bonds is 9. The van der Waals surface area contributed by atoms with E-state index in [1.54, 1.807) is 13.8 Å². The maximum Gasteiger partial charge on any atom is 0.371 e. The molecule has 132 valence electrons. The van der Waals surface area contributed by atoms with Gasteiger partial charge in [-0.05, 0) is 25.6 Å². The second kappa shape index (κ2) is 9.82. The lowest BCUT2D eigenvalue weighted by atomic mass is 9.97. The van der Waals surface area contributed by atoms with Crippen molar-refractivity contribution in [2.75, 3.05) is 12.5 Å². The van der Waals surface area contributed by atoms with E-state index in [-0.39, 0.29) is 18.1 Å². The molecule has 0 aromatic heterocycles. The third-order valence-corrected chi connectivity index (χ3v) is 4.32. The van der Waals surface area contributed by atoms with Crippen molar-refractivity contribution >= 4 is 47.4 Å². The van der Waals surface area contributed by atoms with E-state index in [9.17, 15) is 19.2 Å². The Morgan fingerprint density at radius 2 is 1.74 bits per heavy atom. The number of thiol groups is 1. The first-order valence-corrected chi connectivity index (χ1v) is 8.35. The summed E-state index contributed by atoms with van der Waals surface area (Å²) in [5, 5.41) is 8.15. The molecule has 9 heteroatoms. The summed E-state index contributed by atoms with van der Waals surface area (Å²) in [7, 11) is 0. The van der Waals surface area contributed by atoms with E-state index in [2.05, 4.69) is 12.6 Å². The number of carbonyl (C=O) groups is 4. The van der Waals surface area contributed by atoms with Crippen LogP contribution in [0.5, 0.6) is 0 Å². The fourth-order valence-electron chi connectivity index (χ4n) is 1.30. The summed E-state index contributed by atoms with van der Waals surface area (Å²) < 4.78 is 8.26. The Kier molecular flexibility index (Phi) is 9.29. The van der Waals surface area contributed by atoms with Crippen LogP contribution in [0, 0.1) is 11.8 Å². The van der Waals surface area contributed by atoms with Gasteiger partial charge >= 0.3 is 17.2 Å². The lowest BCUT2D eigenvalue weighted by Crippen LogP contribution is -2.33. The van der Waals surface area contributed by atoms with E-state index in [1.807, 2.05) is 0 Å². The Morgan fingerprint density at radius 3 is 2.17 bits per heavy atom. The van der Waals surface area contributed by atoms with Crippen LogP contribution in [0.4, 0.5) is 4.79 Å². The number of carbonyl (C=O) groups excluding carboxylic acids is 3. The number of hydrogen-bond donors (Lipinski definition) is 2. The van der Waals surface area contributed by atoms with Gasteiger partial charge in [0, 0.05) is 12.2 Å². The average molecular weight is 366 g/mol. The van der Waals surface area contributed by atoms with Crippen LogP contribution in [-0.4, -0.2) is 45.4 Å². The first-order chi connectivity index (χ1) is 10.5. The third kappa shape index (κ3) is 8.26. The van der Waals surface area contributed by atoms with Crippen molar-refractivity contribution in [3.05, 3.63) is 0 Å². The summed E-state index contributed by atoms with van der Waals surface area (Å²) in [5.41, 5.74) is 0. The minimum absolute atomic E-state index is 0.0252. The molecule has 0 aliphatic rings. The van der Waals surface area contributed by atoms with E-state index < -0.39 is 40.5 Å². The van der Waals surface area contributed by atoms with Gasteiger partial charge in [-0.25, -0.2) is 4.79 Å². The van der Waals surface area contributed by atoms with Gasteiger partial charge in [0.25, 0.3) is 0 Å². The lowest BCUT2D eigenvalue weighted by molar-refractivity contribution is -0.155. The largest absolute Gasteiger partial charge is 0.481 e. The molecule has 0 aromatic carbocycles. The maximum atomic E-state index is 12.1. The van der Waals surface area contributed by atoms with E-state index in [0.717, 1.165) is 0 Å². The highest BCUT2D eigenvalue weighted by molar-refractivity contribution is 8.15. The van der Waals surface area contributed by atoms with Crippen molar-refractivity contribution in [1.29, 1.82) is 0 Å². The molecule has 0 saturated carbocycles. The molecule has 0 amide bonds. The SMILES string of the molecule is CC(C)C(=O)OCOC(=O)SC(C)(C)C(=O)C[C@@H](CS)C(=O)O. The first kappa shape index (κ1) is 21.8. The van der Waals surface area contributed by atoms with Gasteiger partial charge < -0.3 is 14.6 Å². The van der Waals surface area contributed by atoms with Crippen molar-refractivity contribution in [1.82, 2.24) is 0 Å². The van der Waals surface area contributed by atoms with Crippen LogP contribution in [0.1, 0.15) is 34.1 Å². The van der Waals surface area contributed by atoms with E-state index in [4.69, 9.17) is 14.6 Å². The summed E-state index contributed by atoms with van der Waals surface area (Å²) in [6.45, 7) is 5.75. The average Bonchev–Trinajstić information content (AvgIpc) is 2.42. The molecular weight excluding hydrogens is 344 g/mol. The summed E-state index contributed by atoms with van der Waals surface area (Å²) >= 11 is 4.51. The molecule has 1 atom stereocenters. The molecule has 7 nitrogen and oxygen atoms in total. The highest BCUT2D eigenvalue weighted by Gasteiger charge is 2.34. The maximum absolute atomic E-state index is 12.1. The van der Waals surface area contributed by atoms with Crippen LogP contribution < -0.4 is 0 Å². The zero-order valence-electron chi connectivity index (χ0n) is 13.5. The van der Waals surface area contributed by atoms with Gasteiger partial charge in [0.1, 0.15) is 5.78 Å². The third-order valence-electron chi connectivity index (χ3n) is 2.86. The number of ketones is 1. The minimum atomic E-state index is -1.16. The van der Waals surface area contributed by atoms with Crippen LogP contribution in [0.25, 0.3) is 0 Å². The fraction of sp³-hybridized carbons (Fsp3) is 0.714. The second-order valence-electron chi connectivity index (χ2n) is 5.59. The summed E-state index contributed by atoms with van der Waals surface area (Å²) in [4.78, 5) is 45.9. The van der Waals surface area contributed by atoms with E-state index in [0.29, 0.717) is 11.8 Å². The number of carboxylic acid groups (broad SMARTS) is 1. The smallest absolute Gasteiger partial charge is 0.371 e. The number of thioether (sulfide) groups is 1. The van der Waals surface area contributed by atoms with Gasteiger partial charge in [-0.3, -0.25) is 14.4 Å². The molecule has 0 aliphatic heterocycles. The molecule has 0 heterocycles. The molecule has 0 radical (unpaired) electrons. The zero-order valence-corrected chi connectivity index (χ0v) is 15.2. The van der Waals surface area contributed by atoms with E-state index in [1.165, 1.54) is 13.8 Å². The van der Waals surface area contributed by atoms with Crippen LogP contribution in [0.15, 0.2) is 0 Å². The van der Waals surface area contributed by atoms with Gasteiger partial charge in [0.15, 0.2) is 0 Å². The van der Waals surface area contributed by atoms with Crippen molar-refractivity contribution in [2.45, 2.75) is 38.9 Å². The topological polar surface area (TPSA) is 107 Å². The standard InChI is InChI=1S/C14H22O7S2/c1-8(2)12(18)20-7-21-13(19)23-14(3,4)10(15)5-9(6-22)11(16)17/h8-9,22H,5-7H2,1-4H3,(H,16,17)/t9-/m0/s1. The highest BCUT2D eigenvalue weighted by Crippen LogP contribution is 2.30. The second-order valence-corrected chi connectivity index (χ2v) is 7.51. The highest BCUT2D eigenvalue weighted by atomic mass is 32.2. The summed E-state index contributed by atoms with van der Waals surface area (Å²) in [5.74, 6) is -3.24. The number of Topliss-reactive ketones (excluding diaryl/α,β-unsaturated/α-hetero) is 1. The molecule has 23 heavy (non-hydrogen) atoms. The van der Waals surface area contributed by atoms with Gasteiger partial charge in [-0.15, -0.1) is 0 Å². The molecule has 1 N–H and O–H groups in total. The predicted molar refractivity (Wildman–Crippen MR) is 88.6 cm³/mol. The van der Waals surface area contributed by atoms with E-state index >= 15 is 0 Å². The number of esters is 1. The van der Waals surface area contributed by atoms with Crippen LogP contribution in [0.3, 0.4) is 0 Å². The van der Waals surface area contributed by atoms with Gasteiger partial charge in [0.05, 0.1) is 16.6 Å². The number of carboxylic acids is 1. The molecule has 0 aromatic rings. The molecular formula is C14H22O7S2. The van der Waals surface area contributed by atoms with Crippen molar-refractivity contribution in [2.24, 2.45) is 11.8 Å². The Morgan fingerprint density at radius 1 is 1.17 bits per heavy atom. The lowest BCUT2D eigenvalue weighted by Gasteiger charge is -2.22. The first-order valence-electron chi connectivity index (χ1n) is 6.90. The zero-order chi connectivity index (χ0) is 18.2. The summed E-state index contributed by atoms with van der Waals surface area (Å²) in [6.07, 6.45) is -0.228. The summed E-state index contributed by atoms with van der Waals surface area (Å²) in [6, 6.07) is 0. The normalized spacial score (nSPS) is 12.6. The molecule has 0 spiro atoms. The predicted octanol–water partition coefficient (Wildman–Crippen LogP) is 2.38.